The van der Waals surface area contributed by atoms with Gasteiger partial charge in [-0.15, -0.1) is 10.2 Å². The van der Waals surface area contributed by atoms with E-state index in [1.54, 1.807) is 12.3 Å². The third kappa shape index (κ3) is 4.96. The standard InChI is InChI=1S/C31H32ClN9O3/c1-18-34-29(38-36-18)23-14-24-30(39-37-23)41(16-21-10-13-42-21)27(35-24)17-40-11-8-19(9-12-40)22-4-3-5-25-28(22)44-31(2,43-25)26-7-6-20(32)15-33-26/h3-7,14-15,19,21H,8-13,16-17H2,1-2H3,(H,34,36,38)/t21-,31?/m0/s1. The molecule has 7 heterocycles. The van der Waals surface area contributed by atoms with Gasteiger partial charge >= 0.3 is 0 Å². The minimum atomic E-state index is -0.998. The molecule has 2 fully saturated rings. The molecule has 1 unspecified atom stereocenters. The highest BCUT2D eigenvalue weighted by atomic mass is 35.5. The van der Waals surface area contributed by atoms with E-state index in [9.17, 15) is 0 Å². The highest BCUT2D eigenvalue weighted by molar-refractivity contribution is 6.30. The molecule has 0 aliphatic carbocycles. The second kappa shape index (κ2) is 10.8. The SMILES string of the molecule is Cc1nc(-c2cc3nc(CN4CCC(c5cccc6c5OC(C)(c5ccc(Cl)cn5)O6)CC4)n(C[C@@H]4CCO4)c3nn2)n[nH]1. The van der Waals surface area contributed by atoms with Gasteiger partial charge in [0, 0.05) is 25.3 Å². The zero-order valence-corrected chi connectivity index (χ0v) is 25.3. The maximum atomic E-state index is 6.48. The van der Waals surface area contributed by atoms with E-state index in [0.717, 1.165) is 79.8 Å². The molecule has 3 aliphatic heterocycles. The number of pyridine rings is 1. The topological polar surface area (TPSA) is 129 Å². The molecule has 0 amide bonds. The lowest BCUT2D eigenvalue weighted by molar-refractivity contribution is -0.0722. The number of hydrogen-bond donors (Lipinski definition) is 1. The van der Waals surface area contributed by atoms with Crippen LogP contribution in [-0.4, -0.2) is 70.6 Å². The summed E-state index contributed by atoms with van der Waals surface area (Å²) < 4.78 is 20.7. The Kier molecular flexibility index (Phi) is 6.73. The number of halogens is 1. The van der Waals surface area contributed by atoms with Gasteiger partial charge in [0.1, 0.15) is 28.6 Å². The minimum Gasteiger partial charge on any atom is -0.443 e. The van der Waals surface area contributed by atoms with E-state index < -0.39 is 5.79 Å². The first-order chi connectivity index (χ1) is 21.4. The van der Waals surface area contributed by atoms with E-state index >= 15 is 0 Å². The van der Waals surface area contributed by atoms with Crippen molar-refractivity contribution < 1.29 is 14.2 Å². The number of benzene rings is 1. The van der Waals surface area contributed by atoms with Gasteiger partial charge in [0.05, 0.1) is 24.2 Å². The minimum absolute atomic E-state index is 0.171. The highest BCUT2D eigenvalue weighted by Crippen LogP contribution is 2.49. The molecular formula is C31H32ClN9O3. The monoisotopic (exact) mass is 613 g/mol. The van der Waals surface area contributed by atoms with E-state index in [2.05, 4.69) is 45.9 Å². The van der Waals surface area contributed by atoms with Crippen LogP contribution < -0.4 is 9.47 Å². The lowest BCUT2D eigenvalue weighted by Gasteiger charge is -2.33. The van der Waals surface area contributed by atoms with Crippen molar-refractivity contribution in [2.45, 2.75) is 64.0 Å². The predicted octanol–water partition coefficient (Wildman–Crippen LogP) is 4.78. The highest BCUT2D eigenvalue weighted by Gasteiger charge is 2.42. The van der Waals surface area contributed by atoms with Crippen molar-refractivity contribution in [1.29, 1.82) is 0 Å². The van der Waals surface area contributed by atoms with Gasteiger partial charge in [-0.2, -0.15) is 5.10 Å². The number of likely N-dealkylation sites (tertiary alicyclic amines) is 1. The Labute approximate surface area is 258 Å². The van der Waals surface area contributed by atoms with Crippen molar-refractivity contribution in [3.05, 3.63) is 70.5 Å². The Hall–Kier alpha value is -4.13. The van der Waals surface area contributed by atoms with Crippen LogP contribution in [0.1, 0.15) is 55.0 Å². The number of piperidine rings is 1. The van der Waals surface area contributed by atoms with E-state index in [-0.39, 0.29) is 6.10 Å². The number of rotatable bonds is 7. The first kappa shape index (κ1) is 27.4. The summed E-state index contributed by atoms with van der Waals surface area (Å²) >= 11 is 6.06. The van der Waals surface area contributed by atoms with Crippen LogP contribution >= 0.6 is 11.6 Å². The number of fused-ring (bicyclic) bond motifs is 2. The van der Waals surface area contributed by atoms with Crippen LogP contribution in [0.3, 0.4) is 0 Å². The number of nitrogens with one attached hydrogen (secondary N) is 1. The molecule has 0 bridgehead atoms. The van der Waals surface area contributed by atoms with E-state index in [0.29, 0.717) is 34.7 Å². The molecule has 1 aromatic carbocycles. The average molecular weight is 614 g/mol. The van der Waals surface area contributed by atoms with Crippen molar-refractivity contribution >= 4 is 22.8 Å². The van der Waals surface area contributed by atoms with Crippen LogP contribution in [0.4, 0.5) is 0 Å². The molecular weight excluding hydrogens is 582 g/mol. The normalized spacial score (nSPS) is 22.0. The smallest absolute Gasteiger partial charge is 0.292 e. The van der Waals surface area contributed by atoms with Crippen LogP contribution in [0.5, 0.6) is 11.5 Å². The first-order valence-electron chi connectivity index (χ1n) is 15.0. The lowest BCUT2D eigenvalue weighted by atomic mass is 9.88. The molecule has 1 N–H and O–H groups in total. The van der Waals surface area contributed by atoms with E-state index in [1.165, 1.54) is 5.56 Å². The molecule has 226 valence electrons. The van der Waals surface area contributed by atoms with Gasteiger partial charge in [-0.05, 0) is 69.5 Å². The molecule has 2 saturated heterocycles. The number of para-hydroxylation sites is 1. The second-order valence-corrected chi connectivity index (χ2v) is 12.3. The Morgan fingerprint density at radius 2 is 1.93 bits per heavy atom. The molecule has 0 radical (unpaired) electrons. The summed E-state index contributed by atoms with van der Waals surface area (Å²) in [5, 5.41) is 16.7. The molecule has 8 rings (SSSR count). The molecule has 2 atom stereocenters. The number of aryl methyl sites for hydroxylation is 1. The number of hydrogen-bond acceptors (Lipinski definition) is 10. The van der Waals surface area contributed by atoms with Crippen LogP contribution in [-0.2, 0) is 23.6 Å². The van der Waals surface area contributed by atoms with Gasteiger partial charge < -0.3 is 18.8 Å². The summed E-state index contributed by atoms with van der Waals surface area (Å²) in [4.78, 5) is 16.4. The van der Waals surface area contributed by atoms with Crippen molar-refractivity contribution in [2.24, 2.45) is 0 Å². The predicted molar refractivity (Wildman–Crippen MR) is 161 cm³/mol. The van der Waals surface area contributed by atoms with Crippen LogP contribution in [0.2, 0.25) is 5.02 Å². The number of aromatic amines is 1. The molecule has 3 aliphatic rings. The summed E-state index contributed by atoms with van der Waals surface area (Å²) in [6.07, 6.45) is 4.81. The van der Waals surface area contributed by atoms with Crippen molar-refractivity contribution in [2.75, 3.05) is 19.7 Å². The van der Waals surface area contributed by atoms with Gasteiger partial charge in [0.2, 0.25) is 5.82 Å². The number of imidazole rings is 1. The lowest BCUT2D eigenvalue weighted by Crippen LogP contribution is -2.35. The molecule has 13 heteroatoms. The number of H-pyrrole nitrogens is 1. The Bertz CT molecular complexity index is 1830. The zero-order chi connectivity index (χ0) is 29.8. The van der Waals surface area contributed by atoms with Crippen molar-refractivity contribution in [3.63, 3.8) is 0 Å². The maximum Gasteiger partial charge on any atom is 0.292 e. The molecule has 44 heavy (non-hydrogen) atoms. The van der Waals surface area contributed by atoms with Crippen LogP contribution in [0.15, 0.2) is 42.6 Å². The Balaban J connectivity index is 0.997. The number of ether oxygens (including phenoxy) is 3. The summed E-state index contributed by atoms with van der Waals surface area (Å²) in [7, 11) is 0. The molecule has 12 nitrogen and oxygen atoms in total. The maximum absolute atomic E-state index is 6.48. The van der Waals surface area contributed by atoms with Gasteiger partial charge in [-0.25, -0.2) is 9.97 Å². The number of aromatic nitrogens is 8. The third-order valence-electron chi connectivity index (χ3n) is 8.77. The summed E-state index contributed by atoms with van der Waals surface area (Å²) in [6, 6.07) is 11.7. The molecule has 0 saturated carbocycles. The van der Waals surface area contributed by atoms with E-state index in [1.807, 2.05) is 38.1 Å². The van der Waals surface area contributed by atoms with Gasteiger partial charge in [0.15, 0.2) is 17.1 Å². The zero-order valence-electron chi connectivity index (χ0n) is 24.5. The van der Waals surface area contributed by atoms with Crippen LogP contribution in [0.25, 0.3) is 22.7 Å². The fourth-order valence-electron chi connectivity index (χ4n) is 6.30. The molecule has 4 aromatic heterocycles. The first-order valence-corrected chi connectivity index (χ1v) is 15.4. The summed E-state index contributed by atoms with van der Waals surface area (Å²) in [5.74, 6) is 3.12. The van der Waals surface area contributed by atoms with Gasteiger partial charge in [-0.1, -0.05) is 23.7 Å². The van der Waals surface area contributed by atoms with Crippen molar-refractivity contribution in [3.8, 4) is 23.0 Å². The fraction of sp³-hybridized carbons (Fsp3) is 0.419. The Morgan fingerprint density at radius 3 is 2.66 bits per heavy atom. The number of nitrogens with zero attached hydrogens (tertiary/aromatic N) is 8. The van der Waals surface area contributed by atoms with Gasteiger partial charge in [-0.3, -0.25) is 15.0 Å². The van der Waals surface area contributed by atoms with E-state index in [4.69, 9.17) is 30.8 Å². The average Bonchev–Trinajstić information content (AvgIpc) is 3.69. The Morgan fingerprint density at radius 1 is 1.07 bits per heavy atom. The van der Waals surface area contributed by atoms with Crippen molar-refractivity contribution in [1.82, 2.24) is 44.8 Å². The second-order valence-electron chi connectivity index (χ2n) is 11.8. The third-order valence-corrected chi connectivity index (χ3v) is 9.00. The molecule has 5 aromatic rings. The summed E-state index contributed by atoms with van der Waals surface area (Å²) in [6.45, 7) is 7.86. The fourth-order valence-corrected chi connectivity index (χ4v) is 6.41. The quantitative estimate of drug-likeness (QED) is 0.274. The summed E-state index contributed by atoms with van der Waals surface area (Å²) in [5.41, 5.74) is 4.01. The van der Waals surface area contributed by atoms with Gasteiger partial charge in [0.25, 0.3) is 5.79 Å². The van der Waals surface area contributed by atoms with Crippen LogP contribution in [0, 0.1) is 6.92 Å². The molecule has 0 spiro atoms. The largest absolute Gasteiger partial charge is 0.443 e.